The molecule has 0 aliphatic carbocycles. The number of nitro groups is 1. The summed E-state index contributed by atoms with van der Waals surface area (Å²) < 4.78 is 5.24. The molecule has 0 unspecified atom stereocenters. The van der Waals surface area contributed by atoms with E-state index in [1.807, 2.05) is 0 Å². The summed E-state index contributed by atoms with van der Waals surface area (Å²) in [5, 5.41) is 13.8. The van der Waals surface area contributed by atoms with E-state index in [4.69, 9.17) is 27.9 Å². The Kier molecular flexibility index (Phi) is 5.19. The Balaban J connectivity index is 1.95. The fourth-order valence-electron chi connectivity index (χ4n) is 1.63. The molecule has 0 saturated carbocycles. The second-order valence-corrected chi connectivity index (χ2v) is 5.06. The van der Waals surface area contributed by atoms with Gasteiger partial charge in [-0.1, -0.05) is 29.3 Å². The number of ether oxygens (including phenoxy) is 1. The van der Waals surface area contributed by atoms with Crippen LogP contribution in [0, 0.1) is 10.1 Å². The van der Waals surface area contributed by atoms with Gasteiger partial charge in [0, 0.05) is 22.8 Å². The first-order chi connectivity index (χ1) is 10.5. The Morgan fingerprint density at radius 1 is 1.23 bits per heavy atom. The maximum atomic E-state index is 11.8. The summed E-state index contributed by atoms with van der Waals surface area (Å²) in [6.45, 7) is -0.288. The van der Waals surface area contributed by atoms with Gasteiger partial charge in [0.25, 0.3) is 11.6 Å². The number of carbonyl (C=O) groups excluding carboxylic acids is 1. The van der Waals surface area contributed by atoms with Gasteiger partial charge >= 0.3 is 0 Å². The van der Waals surface area contributed by atoms with Crippen LogP contribution in [0.4, 0.5) is 11.4 Å². The summed E-state index contributed by atoms with van der Waals surface area (Å²) in [5.41, 5.74) is 0.386. The Hall–Kier alpha value is -2.31. The Bertz CT molecular complexity index is 722. The summed E-state index contributed by atoms with van der Waals surface area (Å²) in [6, 6.07) is 10.4. The van der Waals surface area contributed by atoms with Crippen molar-refractivity contribution in [1.29, 1.82) is 0 Å². The van der Waals surface area contributed by atoms with E-state index in [9.17, 15) is 14.9 Å². The van der Waals surface area contributed by atoms with Crippen molar-refractivity contribution in [3.05, 3.63) is 62.6 Å². The molecule has 22 heavy (non-hydrogen) atoms. The van der Waals surface area contributed by atoms with E-state index in [1.165, 1.54) is 12.1 Å². The average molecular weight is 341 g/mol. The van der Waals surface area contributed by atoms with Gasteiger partial charge in [0.05, 0.1) is 9.95 Å². The van der Waals surface area contributed by atoms with Crippen molar-refractivity contribution < 1.29 is 14.5 Å². The fourth-order valence-corrected chi connectivity index (χ4v) is 2.05. The summed E-state index contributed by atoms with van der Waals surface area (Å²) in [7, 11) is 0. The molecule has 0 heterocycles. The number of non-ortho nitro benzene ring substituents is 1. The number of halogens is 2. The third kappa shape index (κ3) is 4.34. The molecule has 0 aliphatic rings. The van der Waals surface area contributed by atoms with Crippen LogP contribution in [-0.2, 0) is 4.79 Å². The molecule has 0 aromatic heterocycles. The van der Waals surface area contributed by atoms with Crippen LogP contribution in [-0.4, -0.2) is 17.4 Å². The molecule has 0 atom stereocenters. The maximum Gasteiger partial charge on any atom is 0.271 e. The minimum Gasteiger partial charge on any atom is -0.482 e. The molecule has 6 nitrogen and oxygen atoms in total. The standard InChI is InChI=1S/C14H10Cl2N2O4/c15-9-2-1-3-10(6-9)17-14(19)8-22-13-5-4-11(18(20)21)7-12(13)16/h1-7H,8H2,(H,17,19). The highest BCUT2D eigenvalue weighted by molar-refractivity contribution is 6.32. The van der Waals surface area contributed by atoms with E-state index in [1.54, 1.807) is 24.3 Å². The van der Waals surface area contributed by atoms with Crippen LogP contribution in [0.25, 0.3) is 0 Å². The first kappa shape index (κ1) is 16.1. The number of amides is 1. The summed E-state index contributed by atoms with van der Waals surface area (Å²) in [6.07, 6.45) is 0. The van der Waals surface area contributed by atoms with E-state index in [0.717, 1.165) is 6.07 Å². The second kappa shape index (κ2) is 7.11. The third-order valence-corrected chi connectivity index (χ3v) is 3.12. The number of carbonyl (C=O) groups is 1. The number of nitrogens with one attached hydrogen (secondary N) is 1. The first-order valence-corrected chi connectivity index (χ1v) is 6.83. The zero-order valence-corrected chi connectivity index (χ0v) is 12.6. The largest absolute Gasteiger partial charge is 0.482 e. The molecular weight excluding hydrogens is 331 g/mol. The highest BCUT2D eigenvalue weighted by atomic mass is 35.5. The predicted octanol–water partition coefficient (Wildman–Crippen LogP) is 3.92. The van der Waals surface area contributed by atoms with Crippen LogP contribution in [0.3, 0.4) is 0 Å². The van der Waals surface area contributed by atoms with Crippen LogP contribution in [0.15, 0.2) is 42.5 Å². The zero-order chi connectivity index (χ0) is 16.1. The van der Waals surface area contributed by atoms with Gasteiger partial charge in [0.15, 0.2) is 6.61 Å². The SMILES string of the molecule is O=C(COc1ccc([N+](=O)[O-])cc1Cl)Nc1cccc(Cl)c1. The van der Waals surface area contributed by atoms with E-state index < -0.39 is 10.8 Å². The predicted molar refractivity (Wildman–Crippen MR) is 83.7 cm³/mol. The van der Waals surface area contributed by atoms with Gasteiger partial charge in [-0.2, -0.15) is 0 Å². The monoisotopic (exact) mass is 340 g/mol. The summed E-state index contributed by atoms with van der Waals surface area (Å²) >= 11 is 11.7. The Labute approximate surface area is 135 Å². The number of nitro benzene ring substituents is 1. The normalized spacial score (nSPS) is 10.1. The van der Waals surface area contributed by atoms with Crippen molar-refractivity contribution >= 4 is 40.5 Å². The quantitative estimate of drug-likeness (QED) is 0.660. The molecular formula is C14H10Cl2N2O4. The minimum absolute atomic E-state index is 0.0600. The number of anilines is 1. The number of hydrogen-bond donors (Lipinski definition) is 1. The lowest BCUT2D eigenvalue weighted by molar-refractivity contribution is -0.384. The molecule has 0 bridgehead atoms. The molecule has 0 radical (unpaired) electrons. The van der Waals surface area contributed by atoms with Crippen molar-refractivity contribution in [3.8, 4) is 5.75 Å². The molecule has 114 valence electrons. The first-order valence-electron chi connectivity index (χ1n) is 6.08. The number of hydrogen-bond acceptors (Lipinski definition) is 4. The third-order valence-electron chi connectivity index (χ3n) is 2.59. The summed E-state index contributed by atoms with van der Waals surface area (Å²) in [4.78, 5) is 21.8. The molecule has 2 aromatic carbocycles. The van der Waals surface area contributed by atoms with Gasteiger partial charge in [-0.3, -0.25) is 14.9 Å². The zero-order valence-electron chi connectivity index (χ0n) is 11.1. The van der Waals surface area contributed by atoms with Crippen molar-refractivity contribution in [1.82, 2.24) is 0 Å². The van der Waals surface area contributed by atoms with Gasteiger partial charge in [-0.05, 0) is 24.3 Å². The maximum absolute atomic E-state index is 11.8. The Morgan fingerprint density at radius 2 is 2.00 bits per heavy atom. The van der Waals surface area contributed by atoms with E-state index >= 15 is 0 Å². The van der Waals surface area contributed by atoms with Crippen molar-refractivity contribution in [2.75, 3.05) is 11.9 Å². The van der Waals surface area contributed by atoms with Gasteiger partial charge in [-0.15, -0.1) is 0 Å². The van der Waals surface area contributed by atoms with Crippen molar-refractivity contribution in [2.24, 2.45) is 0 Å². The summed E-state index contributed by atoms with van der Waals surface area (Å²) in [5.74, 6) is -0.217. The van der Waals surface area contributed by atoms with Crippen LogP contribution in [0.1, 0.15) is 0 Å². The molecule has 0 fully saturated rings. The molecule has 8 heteroatoms. The smallest absolute Gasteiger partial charge is 0.271 e. The van der Waals surface area contributed by atoms with Crippen molar-refractivity contribution in [3.63, 3.8) is 0 Å². The second-order valence-electron chi connectivity index (χ2n) is 4.22. The van der Waals surface area contributed by atoms with Gasteiger partial charge in [-0.25, -0.2) is 0 Å². The molecule has 0 saturated heterocycles. The van der Waals surface area contributed by atoms with Crippen LogP contribution < -0.4 is 10.1 Å². The number of nitrogens with zero attached hydrogens (tertiary/aromatic N) is 1. The molecule has 0 spiro atoms. The molecule has 1 N–H and O–H groups in total. The van der Waals surface area contributed by atoms with Gasteiger partial charge in [0.1, 0.15) is 5.75 Å². The van der Waals surface area contributed by atoms with Crippen LogP contribution >= 0.6 is 23.2 Å². The molecule has 2 aromatic rings. The molecule has 1 amide bonds. The fraction of sp³-hybridized carbons (Fsp3) is 0.0714. The van der Waals surface area contributed by atoms with Gasteiger partial charge in [0.2, 0.25) is 0 Å². The van der Waals surface area contributed by atoms with E-state index in [2.05, 4.69) is 5.32 Å². The van der Waals surface area contributed by atoms with Crippen molar-refractivity contribution in [2.45, 2.75) is 0 Å². The average Bonchev–Trinajstić information content (AvgIpc) is 2.45. The topological polar surface area (TPSA) is 81.5 Å². The highest BCUT2D eigenvalue weighted by Crippen LogP contribution is 2.28. The van der Waals surface area contributed by atoms with E-state index in [-0.39, 0.29) is 23.1 Å². The lowest BCUT2D eigenvalue weighted by Gasteiger charge is -2.09. The lowest BCUT2D eigenvalue weighted by atomic mass is 10.3. The van der Waals surface area contributed by atoms with Crippen LogP contribution in [0.2, 0.25) is 10.0 Å². The number of benzene rings is 2. The number of rotatable bonds is 5. The minimum atomic E-state index is -0.568. The lowest BCUT2D eigenvalue weighted by Crippen LogP contribution is -2.20. The Morgan fingerprint density at radius 3 is 2.64 bits per heavy atom. The molecule has 0 aliphatic heterocycles. The highest BCUT2D eigenvalue weighted by Gasteiger charge is 2.11. The van der Waals surface area contributed by atoms with E-state index in [0.29, 0.717) is 10.7 Å². The van der Waals surface area contributed by atoms with Crippen LogP contribution in [0.5, 0.6) is 5.75 Å². The molecule has 2 rings (SSSR count). The van der Waals surface area contributed by atoms with Gasteiger partial charge < -0.3 is 10.1 Å².